The summed E-state index contributed by atoms with van der Waals surface area (Å²) in [4.78, 5) is 10.8. The Balaban J connectivity index is 2.52. The Morgan fingerprint density at radius 2 is 2.06 bits per heavy atom. The molecule has 0 aromatic heterocycles. The summed E-state index contributed by atoms with van der Waals surface area (Å²) in [6.07, 6.45) is 0. The molecule has 0 bridgehead atoms. The fourth-order valence-electron chi connectivity index (χ4n) is 1.27. The number of thioether (sulfide) groups is 1. The minimum atomic E-state index is -0.983. The van der Waals surface area contributed by atoms with Crippen molar-refractivity contribution in [1.82, 2.24) is 0 Å². The molecule has 96 valence electrons. The van der Waals surface area contributed by atoms with Gasteiger partial charge in [0.05, 0.1) is 5.75 Å². The number of carboxylic acid groups (broad SMARTS) is 1. The maximum absolute atomic E-state index is 10.8. The second-order valence-corrected chi connectivity index (χ2v) is 6.01. The number of hydrogen-bond acceptors (Lipinski definition) is 3. The molecule has 0 saturated heterocycles. The highest BCUT2D eigenvalue weighted by atomic mass is 32.2. The summed E-state index contributed by atoms with van der Waals surface area (Å²) in [7, 11) is 0. The van der Waals surface area contributed by atoms with Crippen molar-refractivity contribution in [3.05, 3.63) is 35.9 Å². The summed E-state index contributed by atoms with van der Waals surface area (Å²) < 4.78 is -0.531. The van der Waals surface area contributed by atoms with Gasteiger partial charge in [0.15, 0.2) is 0 Å². The Morgan fingerprint density at radius 3 is 2.61 bits per heavy atom. The topological polar surface area (TPSA) is 63.3 Å². The lowest BCUT2D eigenvalue weighted by Crippen LogP contribution is -2.46. The smallest absolute Gasteiger partial charge is 0.321 e. The van der Waals surface area contributed by atoms with Crippen LogP contribution in [-0.2, 0) is 4.79 Å². The minimum absolute atomic E-state index is 0.531. The lowest BCUT2D eigenvalue weighted by molar-refractivity contribution is -0.139. The molecule has 4 heteroatoms. The second kappa shape index (κ2) is 6.48. The Labute approximate surface area is 112 Å². The van der Waals surface area contributed by atoms with Gasteiger partial charge in [-0.3, -0.25) is 4.79 Å². The molecule has 0 saturated carbocycles. The lowest BCUT2D eigenvalue weighted by atomic mass is 10.1. The van der Waals surface area contributed by atoms with Gasteiger partial charge in [0.2, 0.25) is 0 Å². The second-order valence-electron chi connectivity index (χ2n) is 4.38. The molecule has 0 spiro atoms. The molecule has 1 aromatic rings. The first-order valence-corrected chi connectivity index (χ1v) is 6.58. The van der Waals surface area contributed by atoms with Crippen LogP contribution in [0.5, 0.6) is 0 Å². The molecule has 0 aliphatic carbocycles. The van der Waals surface area contributed by atoms with Gasteiger partial charge in [0.25, 0.3) is 0 Å². The highest BCUT2D eigenvalue weighted by molar-refractivity contribution is 8.00. The molecule has 0 fully saturated rings. The zero-order valence-corrected chi connectivity index (χ0v) is 11.3. The van der Waals surface area contributed by atoms with E-state index in [1.807, 2.05) is 44.2 Å². The number of rotatable bonds is 4. The molecular formula is C14H17NO2S. The van der Waals surface area contributed by atoms with Gasteiger partial charge in [-0.05, 0) is 26.0 Å². The first kappa shape index (κ1) is 14.6. The fourth-order valence-corrected chi connectivity index (χ4v) is 2.07. The first-order chi connectivity index (χ1) is 8.43. The van der Waals surface area contributed by atoms with Crippen molar-refractivity contribution in [2.45, 2.75) is 24.6 Å². The van der Waals surface area contributed by atoms with Crippen LogP contribution < -0.4 is 5.73 Å². The number of carboxylic acids is 1. The monoisotopic (exact) mass is 263 g/mol. The van der Waals surface area contributed by atoms with E-state index in [-0.39, 0.29) is 0 Å². The third kappa shape index (κ3) is 4.44. The number of carbonyl (C=O) groups is 1. The normalized spacial score (nSPS) is 12.4. The number of hydrogen-bond donors (Lipinski definition) is 2. The van der Waals surface area contributed by atoms with Gasteiger partial charge in [-0.15, -0.1) is 11.8 Å². The highest BCUT2D eigenvalue weighted by Crippen LogP contribution is 2.26. The van der Waals surface area contributed by atoms with E-state index in [4.69, 9.17) is 10.8 Å². The van der Waals surface area contributed by atoms with Crippen molar-refractivity contribution >= 4 is 17.7 Å². The Hall–Kier alpha value is -1.44. The van der Waals surface area contributed by atoms with Crippen LogP contribution in [-0.4, -0.2) is 27.6 Å². The first-order valence-electron chi connectivity index (χ1n) is 5.60. The zero-order chi connectivity index (χ0) is 13.6. The van der Waals surface area contributed by atoms with Gasteiger partial charge in [0, 0.05) is 10.3 Å². The fraction of sp³-hybridized carbons (Fsp3) is 0.357. The molecule has 0 radical (unpaired) electrons. The minimum Gasteiger partial charge on any atom is -0.480 e. The van der Waals surface area contributed by atoms with Gasteiger partial charge in [0.1, 0.15) is 6.04 Å². The third-order valence-electron chi connectivity index (χ3n) is 2.54. The van der Waals surface area contributed by atoms with Crippen LogP contribution in [0.25, 0.3) is 0 Å². The molecular weight excluding hydrogens is 246 g/mol. The van der Waals surface area contributed by atoms with Crippen molar-refractivity contribution < 1.29 is 9.90 Å². The van der Waals surface area contributed by atoms with E-state index >= 15 is 0 Å². The standard InChI is InChI=1S/C14H17NO2S/c1-14(2,12(15)13(16)17)18-10-6-9-11-7-4-3-5-8-11/h3-5,7-8,12H,10,15H2,1-2H3,(H,16,17)/t12-/m0/s1. The van der Waals surface area contributed by atoms with E-state index in [0.717, 1.165) is 5.56 Å². The van der Waals surface area contributed by atoms with E-state index in [9.17, 15) is 4.79 Å². The average molecular weight is 263 g/mol. The maximum atomic E-state index is 10.8. The SMILES string of the molecule is CC(C)(SCC#Cc1ccccc1)[C@@H](N)C(=O)O. The molecule has 0 aliphatic rings. The molecule has 3 nitrogen and oxygen atoms in total. The zero-order valence-electron chi connectivity index (χ0n) is 10.5. The third-order valence-corrected chi connectivity index (χ3v) is 3.82. The van der Waals surface area contributed by atoms with Crippen LogP contribution in [0.1, 0.15) is 19.4 Å². The largest absolute Gasteiger partial charge is 0.480 e. The van der Waals surface area contributed by atoms with Gasteiger partial charge in [-0.25, -0.2) is 0 Å². The molecule has 0 aliphatic heterocycles. The molecule has 3 N–H and O–H groups in total. The van der Waals surface area contributed by atoms with Crippen molar-refractivity contribution in [1.29, 1.82) is 0 Å². The molecule has 0 unspecified atom stereocenters. The highest BCUT2D eigenvalue weighted by Gasteiger charge is 2.32. The summed E-state index contributed by atoms with van der Waals surface area (Å²) in [6, 6.07) is 8.79. The van der Waals surface area contributed by atoms with Gasteiger partial charge in [-0.1, -0.05) is 30.0 Å². The molecule has 18 heavy (non-hydrogen) atoms. The van der Waals surface area contributed by atoms with Crippen LogP contribution in [0.2, 0.25) is 0 Å². The predicted octanol–water partition coefficient (Wildman–Crippen LogP) is 1.96. The quantitative estimate of drug-likeness (QED) is 0.815. The van der Waals surface area contributed by atoms with Crippen molar-refractivity contribution in [2.75, 3.05) is 5.75 Å². The van der Waals surface area contributed by atoms with E-state index in [1.165, 1.54) is 11.8 Å². The number of aliphatic carboxylic acids is 1. The summed E-state index contributed by atoms with van der Waals surface area (Å²) in [5.74, 6) is 5.62. The Morgan fingerprint density at radius 1 is 1.44 bits per heavy atom. The summed E-state index contributed by atoms with van der Waals surface area (Å²) >= 11 is 1.45. The van der Waals surface area contributed by atoms with Crippen molar-refractivity contribution in [2.24, 2.45) is 5.73 Å². The maximum Gasteiger partial charge on any atom is 0.321 e. The van der Waals surface area contributed by atoms with E-state index < -0.39 is 16.8 Å². The summed E-state index contributed by atoms with van der Waals surface area (Å²) in [5.41, 5.74) is 6.58. The predicted molar refractivity (Wildman–Crippen MR) is 75.5 cm³/mol. The van der Waals surface area contributed by atoms with Crippen LogP contribution in [0, 0.1) is 11.8 Å². The van der Waals surface area contributed by atoms with E-state index in [1.54, 1.807) is 0 Å². The van der Waals surface area contributed by atoms with Crippen molar-refractivity contribution in [3.63, 3.8) is 0 Å². The molecule has 1 rings (SSSR count). The average Bonchev–Trinajstić information content (AvgIpc) is 2.35. The van der Waals surface area contributed by atoms with Crippen LogP contribution in [0.4, 0.5) is 0 Å². The Kier molecular flexibility index (Phi) is 5.26. The summed E-state index contributed by atoms with van der Waals surface area (Å²) in [6.45, 7) is 3.64. The lowest BCUT2D eigenvalue weighted by Gasteiger charge is -2.26. The number of benzene rings is 1. The molecule has 0 amide bonds. The van der Waals surface area contributed by atoms with Gasteiger partial charge in [-0.2, -0.15) is 0 Å². The molecule has 0 heterocycles. The van der Waals surface area contributed by atoms with E-state index in [0.29, 0.717) is 5.75 Å². The Bertz CT molecular complexity index is 460. The van der Waals surface area contributed by atoms with Crippen LogP contribution in [0.3, 0.4) is 0 Å². The van der Waals surface area contributed by atoms with Gasteiger partial charge < -0.3 is 10.8 Å². The van der Waals surface area contributed by atoms with Crippen molar-refractivity contribution in [3.8, 4) is 11.8 Å². The van der Waals surface area contributed by atoms with Crippen LogP contribution in [0.15, 0.2) is 30.3 Å². The molecule has 1 aromatic carbocycles. The summed E-state index contributed by atoms with van der Waals surface area (Å²) in [5, 5.41) is 8.88. The molecule has 1 atom stereocenters. The van der Waals surface area contributed by atoms with Crippen LogP contribution >= 0.6 is 11.8 Å². The van der Waals surface area contributed by atoms with Gasteiger partial charge >= 0.3 is 5.97 Å². The number of nitrogens with two attached hydrogens (primary N) is 1. The van der Waals surface area contributed by atoms with E-state index in [2.05, 4.69) is 11.8 Å².